The van der Waals surface area contributed by atoms with E-state index in [9.17, 15) is 19.5 Å². The van der Waals surface area contributed by atoms with Crippen molar-refractivity contribution in [1.29, 1.82) is 0 Å². The van der Waals surface area contributed by atoms with Crippen molar-refractivity contribution in [2.24, 2.45) is 5.92 Å². The minimum Gasteiger partial charge on any atom is -0.480 e. The Morgan fingerprint density at radius 2 is 1.71 bits per heavy atom. The third-order valence-electron chi connectivity index (χ3n) is 3.18. The molecule has 0 spiro atoms. The molecule has 0 aliphatic heterocycles. The summed E-state index contributed by atoms with van der Waals surface area (Å²) in [6.07, 6.45) is 0.393. The molecule has 3 N–H and O–H groups in total. The molecule has 1 aromatic carbocycles. The topological polar surface area (TPSA) is 95.5 Å². The van der Waals surface area contributed by atoms with Gasteiger partial charge >= 0.3 is 5.97 Å². The van der Waals surface area contributed by atoms with Crippen molar-refractivity contribution in [3.8, 4) is 0 Å². The van der Waals surface area contributed by atoms with E-state index in [1.54, 1.807) is 19.1 Å². The van der Waals surface area contributed by atoms with Gasteiger partial charge in [-0.1, -0.05) is 13.8 Å². The minimum absolute atomic E-state index is 0.145. The Kier molecular flexibility index (Phi) is 7.78. The van der Waals surface area contributed by atoms with Crippen LogP contribution < -0.4 is 10.6 Å². The summed E-state index contributed by atoms with van der Waals surface area (Å²) in [5.41, 5.74) is 0.687. The van der Waals surface area contributed by atoms with E-state index in [0.29, 0.717) is 12.1 Å². The van der Waals surface area contributed by atoms with Gasteiger partial charge in [-0.2, -0.15) is 0 Å². The molecule has 0 aliphatic carbocycles. The molecule has 1 unspecified atom stereocenters. The normalized spacial score (nSPS) is 13.2. The number of hydrogen-bond acceptors (Lipinski definition) is 4. The van der Waals surface area contributed by atoms with Gasteiger partial charge in [-0.15, -0.1) is 11.8 Å². The lowest BCUT2D eigenvalue weighted by Crippen LogP contribution is -2.44. The van der Waals surface area contributed by atoms with Crippen molar-refractivity contribution < 1.29 is 19.5 Å². The molecule has 0 heterocycles. The van der Waals surface area contributed by atoms with Crippen molar-refractivity contribution in [1.82, 2.24) is 5.32 Å². The fourth-order valence-corrected chi connectivity index (χ4v) is 2.94. The summed E-state index contributed by atoms with van der Waals surface area (Å²) in [6, 6.07) is 6.26. The number of thioether (sulfide) groups is 1. The van der Waals surface area contributed by atoms with Gasteiger partial charge in [0.15, 0.2) is 0 Å². The van der Waals surface area contributed by atoms with E-state index < -0.39 is 17.3 Å². The number of hydrogen-bond donors (Lipinski definition) is 3. The van der Waals surface area contributed by atoms with Gasteiger partial charge in [-0.25, -0.2) is 4.79 Å². The van der Waals surface area contributed by atoms with E-state index in [4.69, 9.17) is 0 Å². The first-order valence-electron chi connectivity index (χ1n) is 7.76. The van der Waals surface area contributed by atoms with Crippen molar-refractivity contribution in [3.63, 3.8) is 0 Å². The molecule has 0 radical (unpaired) electrons. The molecule has 0 aromatic heterocycles. The standard InChI is InChI=1S/C17H24N2O4S/c1-10(2)9-15(17(22)23)19-16(21)11(3)24-14-7-5-13(6-8-14)18-12(4)20/h5-8,10-11,15H,9H2,1-4H3,(H,18,20)(H,19,21)(H,22,23)/t11?,15-/m0/s1. The molecule has 0 saturated carbocycles. The van der Waals surface area contributed by atoms with Crippen LogP contribution in [0.5, 0.6) is 0 Å². The van der Waals surface area contributed by atoms with E-state index in [0.717, 1.165) is 4.90 Å². The summed E-state index contributed by atoms with van der Waals surface area (Å²) in [5, 5.41) is 14.0. The first-order chi connectivity index (χ1) is 11.2. The van der Waals surface area contributed by atoms with Crippen LogP contribution in [0.2, 0.25) is 0 Å². The second-order valence-corrected chi connectivity index (χ2v) is 7.41. The molecule has 6 nitrogen and oxygen atoms in total. The third kappa shape index (κ3) is 7.04. The number of carboxylic acids is 1. The first-order valence-corrected chi connectivity index (χ1v) is 8.64. The predicted molar refractivity (Wildman–Crippen MR) is 95.1 cm³/mol. The van der Waals surface area contributed by atoms with Gasteiger partial charge in [0.1, 0.15) is 6.04 Å². The van der Waals surface area contributed by atoms with Crippen LogP contribution in [0.3, 0.4) is 0 Å². The Labute approximate surface area is 146 Å². The fraction of sp³-hybridized carbons (Fsp3) is 0.471. The van der Waals surface area contributed by atoms with Gasteiger partial charge in [0.25, 0.3) is 0 Å². The largest absolute Gasteiger partial charge is 0.480 e. The summed E-state index contributed by atoms with van der Waals surface area (Å²) in [6.45, 7) is 6.99. The minimum atomic E-state index is -1.02. The Morgan fingerprint density at radius 3 is 2.17 bits per heavy atom. The smallest absolute Gasteiger partial charge is 0.326 e. The molecular weight excluding hydrogens is 328 g/mol. The van der Waals surface area contributed by atoms with Crippen molar-refractivity contribution in [2.75, 3.05) is 5.32 Å². The monoisotopic (exact) mass is 352 g/mol. The molecule has 1 rings (SSSR count). The molecule has 2 atom stereocenters. The zero-order valence-corrected chi connectivity index (χ0v) is 15.1. The van der Waals surface area contributed by atoms with Crippen LogP contribution in [0, 0.1) is 5.92 Å². The average Bonchev–Trinajstić information content (AvgIpc) is 2.47. The maximum absolute atomic E-state index is 12.2. The SMILES string of the molecule is CC(=O)Nc1ccc(SC(C)C(=O)N[C@@H](CC(C)C)C(=O)O)cc1. The molecule has 7 heteroatoms. The highest BCUT2D eigenvalue weighted by atomic mass is 32.2. The van der Waals surface area contributed by atoms with E-state index in [2.05, 4.69) is 10.6 Å². The molecule has 0 fully saturated rings. The van der Waals surface area contributed by atoms with Crippen LogP contribution in [-0.2, 0) is 14.4 Å². The second-order valence-electron chi connectivity index (χ2n) is 5.99. The molecule has 0 saturated heterocycles. The quantitative estimate of drug-likeness (QED) is 0.625. The Balaban J connectivity index is 2.62. The van der Waals surface area contributed by atoms with E-state index >= 15 is 0 Å². The number of nitrogens with one attached hydrogen (secondary N) is 2. The van der Waals surface area contributed by atoms with Crippen LogP contribution >= 0.6 is 11.8 Å². The van der Waals surface area contributed by atoms with E-state index in [-0.39, 0.29) is 17.7 Å². The fourth-order valence-electron chi connectivity index (χ4n) is 2.06. The number of carbonyl (C=O) groups excluding carboxylic acids is 2. The Hall–Kier alpha value is -2.02. The Morgan fingerprint density at radius 1 is 1.12 bits per heavy atom. The average molecular weight is 352 g/mol. The molecular formula is C17H24N2O4S. The molecule has 1 aromatic rings. The lowest BCUT2D eigenvalue weighted by atomic mass is 10.0. The number of carbonyl (C=O) groups is 3. The molecule has 2 amide bonds. The van der Waals surface area contributed by atoms with Crippen LogP contribution in [0.4, 0.5) is 5.69 Å². The molecule has 132 valence electrons. The van der Waals surface area contributed by atoms with Crippen LogP contribution in [0.1, 0.15) is 34.1 Å². The number of rotatable bonds is 8. The summed E-state index contributed by atoms with van der Waals surface area (Å²) >= 11 is 1.33. The second kappa shape index (κ2) is 9.32. The summed E-state index contributed by atoms with van der Waals surface area (Å²) in [4.78, 5) is 35.3. The zero-order chi connectivity index (χ0) is 18.3. The summed E-state index contributed by atoms with van der Waals surface area (Å²) < 4.78 is 0. The van der Waals surface area contributed by atoms with Crippen LogP contribution in [0.15, 0.2) is 29.2 Å². The highest BCUT2D eigenvalue weighted by molar-refractivity contribution is 8.00. The summed E-state index contributed by atoms with van der Waals surface area (Å²) in [5.74, 6) is -1.29. The van der Waals surface area contributed by atoms with Gasteiger partial charge in [0.05, 0.1) is 5.25 Å². The van der Waals surface area contributed by atoms with Gasteiger partial charge in [-0.05, 0) is 43.5 Å². The molecule has 0 bridgehead atoms. The van der Waals surface area contributed by atoms with Gasteiger partial charge in [0.2, 0.25) is 11.8 Å². The molecule has 24 heavy (non-hydrogen) atoms. The molecule has 0 aliphatic rings. The number of amides is 2. The zero-order valence-electron chi connectivity index (χ0n) is 14.3. The highest BCUT2D eigenvalue weighted by Gasteiger charge is 2.24. The van der Waals surface area contributed by atoms with Crippen LogP contribution in [-0.4, -0.2) is 34.2 Å². The van der Waals surface area contributed by atoms with E-state index in [1.807, 2.05) is 26.0 Å². The van der Waals surface area contributed by atoms with Gasteiger partial charge in [-0.3, -0.25) is 9.59 Å². The van der Waals surface area contributed by atoms with Gasteiger partial charge < -0.3 is 15.7 Å². The summed E-state index contributed by atoms with van der Waals surface area (Å²) in [7, 11) is 0. The number of anilines is 1. The number of benzene rings is 1. The van der Waals surface area contributed by atoms with Crippen molar-refractivity contribution in [2.45, 2.75) is 50.3 Å². The Bertz CT molecular complexity index is 587. The van der Waals surface area contributed by atoms with Gasteiger partial charge in [0, 0.05) is 17.5 Å². The highest BCUT2D eigenvalue weighted by Crippen LogP contribution is 2.25. The van der Waals surface area contributed by atoms with Crippen molar-refractivity contribution >= 4 is 35.2 Å². The maximum Gasteiger partial charge on any atom is 0.326 e. The predicted octanol–water partition coefficient (Wildman–Crippen LogP) is 2.74. The number of aliphatic carboxylic acids is 1. The maximum atomic E-state index is 12.2. The lowest BCUT2D eigenvalue weighted by molar-refractivity contribution is -0.142. The van der Waals surface area contributed by atoms with Crippen LogP contribution in [0.25, 0.3) is 0 Å². The number of carboxylic acid groups (broad SMARTS) is 1. The van der Waals surface area contributed by atoms with E-state index in [1.165, 1.54) is 18.7 Å². The third-order valence-corrected chi connectivity index (χ3v) is 4.29. The van der Waals surface area contributed by atoms with Crippen molar-refractivity contribution in [3.05, 3.63) is 24.3 Å². The lowest BCUT2D eigenvalue weighted by Gasteiger charge is -2.19. The first kappa shape index (κ1) is 20.0.